The third-order valence-electron chi connectivity index (χ3n) is 4.36. The second kappa shape index (κ2) is 11.4. The van der Waals surface area contributed by atoms with E-state index in [9.17, 15) is 5.11 Å². The average molecular weight is 368 g/mol. The number of methoxy groups -OCH3 is 2. The van der Waals surface area contributed by atoms with Crippen LogP contribution in [0, 0.1) is 0 Å². The van der Waals surface area contributed by atoms with Crippen LogP contribution in [0.25, 0.3) is 0 Å². The number of likely N-dealkylation sites (N-methyl/N-ethyl adjacent to an activating group) is 1. The van der Waals surface area contributed by atoms with Crippen molar-refractivity contribution in [1.29, 1.82) is 0 Å². The molecular weight excluding hydrogens is 336 g/mol. The molecule has 1 N–H and O–H groups in total. The van der Waals surface area contributed by atoms with Crippen LogP contribution in [-0.4, -0.2) is 94.9 Å². The van der Waals surface area contributed by atoms with Crippen LogP contribution in [0.4, 0.5) is 0 Å². The van der Waals surface area contributed by atoms with Crippen molar-refractivity contribution in [2.24, 2.45) is 0 Å². The molecule has 0 aromatic heterocycles. The number of aliphatic hydroxyl groups excluding tert-OH is 1. The van der Waals surface area contributed by atoms with Gasteiger partial charge in [0.05, 0.1) is 26.9 Å². The lowest BCUT2D eigenvalue weighted by Gasteiger charge is -2.28. The molecule has 1 aromatic carbocycles. The summed E-state index contributed by atoms with van der Waals surface area (Å²) < 4.78 is 21.7. The summed E-state index contributed by atoms with van der Waals surface area (Å²) in [4.78, 5) is 4.37. The van der Waals surface area contributed by atoms with Gasteiger partial charge in [0, 0.05) is 39.8 Å². The fourth-order valence-electron chi connectivity index (χ4n) is 2.89. The first kappa shape index (κ1) is 20.9. The maximum atomic E-state index is 10.2. The highest BCUT2D eigenvalue weighted by Crippen LogP contribution is 2.28. The summed E-state index contributed by atoms with van der Waals surface area (Å²) in [6.07, 6.45) is -0.544. The highest BCUT2D eigenvalue weighted by atomic mass is 16.5. The van der Waals surface area contributed by atoms with E-state index in [1.54, 1.807) is 14.2 Å². The number of nitrogens with zero attached hydrogens (tertiary/aromatic N) is 2. The molecule has 26 heavy (non-hydrogen) atoms. The summed E-state index contributed by atoms with van der Waals surface area (Å²) in [6.45, 7) is 6.36. The maximum absolute atomic E-state index is 10.2. The minimum Gasteiger partial charge on any atom is -0.493 e. The van der Waals surface area contributed by atoms with Gasteiger partial charge in [-0.1, -0.05) is 6.07 Å². The molecule has 0 unspecified atom stereocenters. The molecule has 1 atom stereocenters. The SMILES string of the molecule is COCCN(C)Cc1ccc(OC[C@@H](O)CN2CCOCC2)c(OC)c1. The van der Waals surface area contributed by atoms with Gasteiger partial charge in [-0.2, -0.15) is 0 Å². The number of rotatable bonds is 11. The standard InChI is InChI=1S/C19H32N2O5/c1-20(6-9-23-2)13-16-4-5-18(19(12-16)24-3)26-15-17(22)14-21-7-10-25-11-8-21/h4-5,12,17,22H,6-11,13-15H2,1-3H3/t17-/m0/s1. The smallest absolute Gasteiger partial charge is 0.161 e. The van der Waals surface area contributed by atoms with Crippen LogP contribution >= 0.6 is 0 Å². The van der Waals surface area contributed by atoms with Crippen molar-refractivity contribution in [2.75, 3.05) is 73.9 Å². The van der Waals surface area contributed by atoms with E-state index in [-0.39, 0.29) is 6.61 Å². The molecule has 148 valence electrons. The van der Waals surface area contributed by atoms with Gasteiger partial charge in [0.2, 0.25) is 0 Å². The van der Waals surface area contributed by atoms with Crippen LogP contribution in [0.1, 0.15) is 5.56 Å². The van der Waals surface area contributed by atoms with E-state index in [0.717, 1.165) is 45.0 Å². The fraction of sp³-hybridized carbons (Fsp3) is 0.684. The molecule has 1 aliphatic rings. The van der Waals surface area contributed by atoms with Crippen LogP contribution in [0.5, 0.6) is 11.5 Å². The molecule has 2 rings (SSSR count). The Bertz CT molecular complexity index is 523. The Morgan fingerprint density at radius 1 is 1.23 bits per heavy atom. The largest absolute Gasteiger partial charge is 0.493 e. The molecule has 0 saturated carbocycles. The Labute approximate surface area is 156 Å². The molecule has 0 amide bonds. The Hall–Kier alpha value is -1.38. The van der Waals surface area contributed by atoms with Crippen LogP contribution in [0.2, 0.25) is 0 Å². The third kappa shape index (κ3) is 7.09. The number of hydrogen-bond donors (Lipinski definition) is 1. The van der Waals surface area contributed by atoms with Gasteiger partial charge < -0.3 is 24.1 Å². The van der Waals surface area contributed by atoms with Crippen molar-refractivity contribution in [2.45, 2.75) is 12.6 Å². The molecule has 7 heteroatoms. The van der Waals surface area contributed by atoms with Crippen molar-refractivity contribution in [1.82, 2.24) is 9.80 Å². The van der Waals surface area contributed by atoms with Crippen molar-refractivity contribution >= 4 is 0 Å². The maximum Gasteiger partial charge on any atom is 0.161 e. The van der Waals surface area contributed by atoms with Crippen molar-refractivity contribution < 1.29 is 24.1 Å². The summed E-state index contributed by atoms with van der Waals surface area (Å²) in [5.41, 5.74) is 1.14. The molecule has 1 fully saturated rings. The Morgan fingerprint density at radius 2 is 2.00 bits per heavy atom. The summed E-state index contributed by atoms with van der Waals surface area (Å²) in [6, 6.07) is 5.91. The lowest BCUT2D eigenvalue weighted by Crippen LogP contribution is -2.42. The summed E-state index contributed by atoms with van der Waals surface area (Å²) >= 11 is 0. The van der Waals surface area contributed by atoms with Gasteiger partial charge in [-0.25, -0.2) is 0 Å². The number of aliphatic hydroxyl groups is 1. The summed E-state index contributed by atoms with van der Waals surface area (Å²) in [5, 5.41) is 10.2. The lowest BCUT2D eigenvalue weighted by atomic mass is 10.2. The molecule has 1 saturated heterocycles. The molecule has 1 aromatic rings. The Balaban J connectivity index is 1.84. The number of ether oxygens (including phenoxy) is 4. The predicted molar refractivity (Wildman–Crippen MR) is 100.0 cm³/mol. The van der Waals surface area contributed by atoms with Gasteiger partial charge in [0.1, 0.15) is 12.7 Å². The number of benzene rings is 1. The van der Waals surface area contributed by atoms with E-state index in [1.807, 2.05) is 18.2 Å². The van der Waals surface area contributed by atoms with Gasteiger partial charge in [-0.15, -0.1) is 0 Å². The number of morpholine rings is 1. The monoisotopic (exact) mass is 368 g/mol. The Kier molecular flexibility index (Phi) is 9.14. The van der Waals surface area contributed by atoms with E-state index >= 15 is 0 Å². The van der Waals surface area contributed by atoms with Crippen molar-refractivity contribution in [3.8, 4) is 11.5 Å². The second-order valence-corrected chi connectivity index (χ2v) is 6.59. The summed E-state index contributed by atoms with van der Waals surface area (Å²) in [5.74, 6) is 1.33. The van der Waals surface area contributed by atoms with E-state index in [4.69, 9.17) is 18.9 Å². The normalized spacial score (nSPS) is 16.7. The molecule has 0 spiro atoms. The molecule has 1 heterocycles. The third-order valence-corrected chi connectivity index (χ3v) is 4.36. The highest BCUT2D eigenvalue weighted by Gasteiger charge is 2.16. The number of hydrogen-bond acceptors (Lipinski definition) is 7. The van der Waals surface area contributed by atoms with Gasteiger partial charge in [-0.3, -0.25) is 9.80 Å². The molecule has 0 aliphatic carbocycles. The Morgan fingerprint density at radius 3 is 2.69 bits per heavy atom. The van der Waals surface area contributed by atoms with Gasteiger partial charge in [-0.05, 0) is 24.7 Å². The van der Waals surface area contributed by atoms with Crippen LogP contribution in [0.3, 0.4) is 0 Å². The van der Waals surface area contributed by atoms with Crippen molar-refractivity contribution in [3.05, 3.63) is 23.8 Å². The quantitative estimate of drug-likeness (QED) is 0.621. The first-order chi connectivity index (χ1) is 12.6. The summed E-state index contributed by atoms with van der Waals surface area (Å²) in [7, 11) is 5.39. The highest BCUT2D eigenvalue weighted by molar-refractivity contribution is 5.43. The molecule has 0 bridgehead atoms. The molecule has 7 nitrogen and oxygen atoms in total. The zero-order valence-corrected chi connectivity index (χ0v) is 16.1. The minimum atomic E-state index is -0.544. The second-order valence-electron chi connectivity index (χ2n) is 6.59. The van der Waals surface area contributed by atoms with Crippen LogP contribution < -0.4 is 9.47 Å². The average Bonchev–Trinajstić information content (AvgIpc) is 2.66. The zero-order valence-electron chi connectivity index (χ0n) is 16.1. The zero-order chi connectivity index (χ0) is 18.8. The molecular formula is C19H32N2O5. The molecule has 1 aliphatic heterocycles. The molecule has 0 radical (unpaired) electrons. The van der Waals surface area contributed by atoms with E-state index < -0.39 is 6.10 Å². The van der Waals surface area contributed by atoms with Gasteiger partial charge in [0.15, 0.2) is 11.5 Å². The predicted octanol–water partition coefficient (Wildman–Crippen LogP) is 0.845. The van der Waals surface area contributed by atoms with Crippen LogP contribution in [-0.2, 0) is 16.0 Å². The van der Waals surface area contributed by atoms with Crippen molar-refractivity contribution in [3.63, 3.8) is 0 Å². The van der Waals surface area contributed by atoms with Gasteiger partial charge >= 0.3 is 0 Å². The fourth-order valence-corrected chi connectivity index (χ4v) is 2.89. The topological polar surface area (TPSA) is 63.6 Å². The minimum absolute atomic E-state index is 0.237. The first-order valence-electron chi connectivity index (χ1n) is 9.07. The number of β-amino-alcohol motifs (C(OH)–C–C–N with tert-alkyl or cyclic N) is 1. The lowest BCUT2D eigenvalue weighted by molar-refractivity contribution is 0.00445. The van der Waals surface area contributed by atoms with Gasteiger partial charge in [0.25, 0.3) is 0 Å². The first-order valence-corrected chi connectivity index (χ1v) is 9.07. The van der Waals surface area contributed by atoms with E-state index in [1.165, 1.54) is 0 Å². The van der Waals surface area contributed by atoms with Crippen LogP contribution in [0.15, 0.2) is 18.2 Å². The van der Waals surface area contributed by atoms with E-state index in [0.29, 0.717) is 24.7 Å². The van der Waals surface area contributed by atoms with E-state index in [2.05, 4.69) is 16.8 Å².